The van der Waals surface area contributed by atoms with Crippen LogP contribution in [-0.4, -0.2) is 0 Å². The Kier molecular flexibility index (Phi) is 3.56. The van der Waals surface area contributed by atoms with Crippen molar-refractivity contribution in [2.75, 3.05) is 0 Å². The van der Waals surface area contributed by atoms with Crippen LogP contribution >= 0.6 is 23.2 Å². The number of benzene rings is 2. The zero-order chi connectivity index (χ0) is 13.4. The lowest BCUT2D eigenvalue weighted by atomic mass is 9.75. The summed E-state index contributed by atoms with van der Waals surface area (Å²) in [6.07, 6.45) is 2.40. The molecule has 0 N–H and O–H groups in total. The zero-order valence-corrected chi connectivity index (χ0v) is 12.4. The molecule has 19 heavy (non-hydrogen) atoms. The molecule has 0 amide bonds. The van der Waals surface area contributed by atoms with Crippen LogP contribution in [0.25, 0.3) is 0 Å². The van der Waals surface area contributed by atoms with E-state index in [0.29, 0.717) is 21.9 Å². The molecule has 0 saturated carbocycles. The van der Waals surface area contributed by atoms with Crippen LogP contribution in [0.15, 0.2) is 42.5 Å². The molecule has 3 rings (SSSR count). The average Bonchev–Trinajstić information content (AvgIpc) is 2.43. The van der Waals surface area contributed by atoms with Crippen molar-refractivity contribution in [1.29, 1.82) is 0 Å². The van der Waals surface area contributed by atoms with Gasteiger partial charge in [-0.1, -0.05) is 60.5 Å². The summed E-state index contributed by atoms with van der Waals surface area (Å²) in [4.78, 5) is 0. The quantitative estimate of drug-likeness (QED) is 0.602. The monoisotopic (exact) mass is 290 g/mol. The second kappa shape index (κ2) is 5.19. The molecule has 0 heterocycles. The molecule has 2 unspecified atom stereocenters. The van der Waals surface area contributed by atoms with Gasteiger partial charge in [0.1, 0.15) is 0 Å². The third kappa shape index (κ3) is 2.40. The van der Waals surface area contributed by atoms with Gasteiger partial charge in [-0.15, -0.1) is 0 Å². The molecule has 2 heteroatoms. The highest BCUT2D eigenvalue weighted by Crippen LogP contribution is 2.42. The number of fused-ring (bicyclic) bond motifs is 1. The standard InChI is InChI=1S/C17H16Cl2/c1-11-6-8-14(15-5-3-2-4-13(11)15)12-7-9-16(18)17(19)10-12/h2-5,7,9-11,14H,6,8H2,1H3. The molecule has 0 radical (unpaired) electrons. The molecule has 0 saturated heterocycles. The van der Waals surface area contributed by atoms with Gasteiger partial charge in [0, 0.05) is 5.92 Å². The first-order valence-corrected chi connectivity index (χ1v) is 7.46. The minimum Gasteiger partial charge on any atom is -0.0827 e. The van der Waals surface area contributed by atoms with Gasteiger partial charge in [-0.2, -0.15) is 0 Å². The molecule has 2 aromatic rings. The predicted molar refractivity (Wildman–Crippen MR) is 82.4 cm³/mol. The minimum absolute atomic E-state index is 0.446. The first kappa shape index (κ1) is 13.0. The van der Waals surface area contributed by atoms with E-state index in [0.717, 1.165) is 0 Å². The summed E-state index contributed by atoms with van der Waals surface area (Å²) < 4.78 is 0. The Morgan fingerprint density at radius 1 is 0.895 bits per heavy atom. The summed E-state index contributed by atoms with van der Waals surface area (Å²) >= 11 is 12.2. The van der Waals surface area contributed by atoms with Crippen molar-refractivity contribution in [3.05, 3.63) is 69.2 Å². The molecule has 0 nitrogen and oxygen atoms in total. The zero-order valence-electron chi connectivity index (χ0n) is 10.9. The lowest BCUT2D eigenvalue weighted by Crippen LogP contribution is -2.13. The first-order valence-electron chi connectivity index (χ1n) is 6.70. The molecule has 0 aliphatic heterocycles. The highest BCUT2D eigenvalue weighted by molar-refractivity contribution is 6.42. The highest BCUT2D eigenvalue weighted by Gasteiger charge is 2.25. The van der Waals surface area contributed by atoms with Crippen LogP contribution in [0.3, 0.4) is 0 Å². The van der Waals surface area contributed by atoms with E-state index >= 15 is 0 Å². The number of hydrogen-bond donors (Lipinski definition) is 0. The number of rotatable bonds is 1. The van der Waals surface area contributed by atoms with Crippen LogP contribution in [0, 0.1) is 0 Å². The molecule has 0 aromatic heterocycles. The summed E-state index contributed by atoms with van der Waals surface area (Å²) in [6, 6.07) is 14.8. The van der Waals surface area contributed by atoms with E-state index in [1.807, 2.05) is 12.1 Å². The van der Waals surface area contributed by atoms with E-state index in [1.165, 1.54) is 29.5 Å². The summed E-state index contributed by atoms with van der Waals surface area (Å²) in [5.41, 5.74) is 4.19. The van der Waals surface area contributed by atoms with Crippen molar-refractivity contribution in [3.8, 4) is 0 Å². The Labute approximate surface area is 124 Å². The largest absolute Gasteiger partial charge is 0.0827 e. The van der Waals surface area contributed by atoms with Crippen LogP contribution in [0.1, 0.15) is 48.3 Å². The van der Waals surface area contributed by atoms with E-state index in [-0.39, 0.29) is 0 Å². The van der Waals surface area contributed by atoms with Crippen molar-refractivity contribution < 1.29 is 0 Å². The highest BCUT2D eigenvalue weighted by atomic mass is 35.5. The van der Waals surface area contributed by atoms with Gasteiger partial charge in [-0.05, 0) is 47.6 Å². The summed E-state index contributed by atoms with van der Waals surface area (Å²) in [5, 5.41) is 1.28. The van der Waals surface area contributed by atoms with E-state index in [1.54, 1.807) is 0 Å². The van der Waals surface area contributed by atoms with E-state index in [4.69, 9.17) is 23.2 Å². The Morgan fingerprint density at radius 3 is 2.37 bits per heavy atom. The third-order valence-electron chi connectivity index (χ3n) is 4.14. The van der Waals surface area contributed by atoms with Crippen molar-refractivity contribution in [3.63, 3.8) is 0 Å². The van der Waals surface area contributed by atoms with Crippen molar-refractivity contribution in [2.24, 2.45) is 0 Å². The maximum Gasteiger partial charge on any atom is 0.0595 e. The maximum atomic E-state index is 6.16. The van der Waals surface area contributed by atoms with E-state index in [9.17, 15) is 0 Å². The van der Waals surface area contributed by atoms with Gasteiger partial charge in [0.05, 0.1) is 10.0 Å². The van der Waals surface area contributed by atoms with Gasteiger partial charge in [0.25, 0.3) is 0 Å². The molecule has 1 aliphatic carbocycles. The summed E-state index contributed by atoms with van der Waals surface area (Å²) in [6.45, 7) is 2.31. The Bertz CT molecular complexity index is 604. The first-order chi connectivity index (χ1) is 9.16. The van der Waals surface area contributed by atoms with Gasteiger partial charge >= 0.3 is 0 Å². The topological polar surface area (TPSA) is 0 Å². The number of hydrogen-bond acceptors (Lipinski definition) is 0. The second-order valence-electron chi connectivity index (χ2n) is 5.33. The average molecular weight is 291 g/mol. The fourth-order valence-corrected chi connectivity index (χ4v) is 3.39. The Hall–Kier alpha value is -0.980. The fourth-order valence-electron chi connectivity index (χ4n) is 3.08. The molecule has 2 atom stereocenters. The van der Waals surface area contributed by atoms with E-state index < -0.39 is 0 Å². The van der Waals surface area contributed by atoms with Crippen molar-refractivity contribution >= 4 is 23.2 Å². The molecule has 0 spiro atoms. The van der Waals surface area contributed by atoms with Crippen LogP contribution in [-0.2, 0) is 0 Å². The Balaban J connectivity index is 2.07. The SMILES string of the molecule is CC1CCC(c2ccc(Cl)c(Cl)c2)c2ccccc21. The van der Waals surface area contributed by atoms with Crippen LogP contribution in [0.5, 0.6) is 0 Å². The lowest BCUT2D eigenvalue weighted by molar-refractivity contribution is 0.545. The summed E-state index contributed by atoms with van der Waals surface area (Å²) in [5.74, 6) is 1.09. The second-order valence-corrected chi connectivity index (χ2v) is 6.15. The van der Waals surface area contributed by atoms with Crippen LogP contribution in [0.2, 0.25) is 10.0 Å². The molecule has 98 valence electrons. The summed E-state index contributed by atoms with van der Waals surface area (Å²) in [7, 11) is 0. The van der Waals surface area contributed by atoms with Crippen molar-refractivity contribution in [1.82, 2.24) is 0 Å². The fraction of sp³-hybridized carbons (Fsp3) is 0.294. The van der Waals surface area contributed by atoms with Gasteiger partial charge in [-0.25, -0.2) is 0 Å². The van der Waals surface area contributed by atoms with Gasteiger partial charge in [-0.3, -0.25) is 0 Å². The molecule has 1 aliphatic rings. The third-order valence-corrected chi connectivity index (χ3v) is 4.88. The minimum atomic E-state index is 0.446. The van der Waals surface area contributed by atoms with Crippen molar-refractivity contribution in [2.45, 2.75) is 31.6 Å². The Morgan fingerprint density at radius 2 is 1.63 bits per heavy atom. The molecular formula is C17H16Cl2. The predicted octanol–water partition coefficient (Wildman–Crippen LogP) is 6.02. The smallest absolute Gasteiger partial charge is 0.0595 e. The van der Waals surface area contributed by atoms with Gasteiger partial charge in [0.15, 0.2) is 0 Å². The molecular weight excluding hydrogens is 275 g/mol. The molecule has 0 fully saturated rings. The normalized spacial score (nSPS) is 22.1. The van der Waals surface area contributed by atoms with E-state index in [2.05, 4.69) is 37.3 Å². The maximum absolute atomic E-state index is 6.16. The van der Waals surface area contributed by atoms with Gasteiger partial charge < -0.3 is 0 Å². The van der Waals surface area contributed by atoms with Crippen LogP contribution in [0.4, 0.5) is 0 Å². The molecule has 2 aromatic carbocycles. The number of halogens is 2. The molecule has 0 bridgehead atoms. The lowest BCUT2D eigenvalue weighted by Gasteiger charge is -2.30. The van der Waals surface area contributed by atoms with Crippen LogP contribution < -0.4 is 0 Å². The van der Waals surface area contributed by atoms with Gasteiger partial charge in [0.2, 0.25) is 0 Å².